The fraction of sp³-hybridized carbons (Fsp3) is 0.143. The maximum absolute atomic E-state index is 12.5. The molecule has 0 heterocycles. The molecule has 1 aromatic carbocycles. The van der Waals surface area contributed by atoms with Crippen LogP contribution in [0.1, 0.15) is 0 Å². The van der Waals surface area contributed by atoms with Gasteiger partial charge in [0.2, 0.25) is 0 Å². The van der Waals surface area contributed by atoms with Crippen molar-refractivity contribution in [3.05, 3.63) is 29.8 Å². The van der Waals surface area contributed by atoms with Gasteiger partial charge in [-0.15, -0.1) is 0 Å². The summed E-state index contributed by atoms with van der Waals surface area (Å²) in [4.78, 5) is 0. The molecule has 1 rings (SSSR count). The molecule has 9 heteroatoms. The lowest BCUT2D eigenvalue weighted by Gasteiger charge is -2.09. The molecule has 0 spiro atoms. The molecule has 0 N–H and O–H groups in total. The van der Waals surface area contributed by atoms with Crippen LogP contribution in [0.4, 0.5) is 22.0 Å². The summed E-state index contributed by atoms with van der Waals surface area (Å²) in [6.07, 6.45) is 0. The molecule has 1 aromatic rings. The number of halogens is 5. The molecule has 0 radical (unpaired) electrons. The van der Waals surface area contributed by atoms with E-state index < -0.39 is 33.0 Å². The molecule has 0 bridgehead atoms. The van der Waals surface area contributed by atoms with Gasteiger partial charge in [0.1, 0.15) is 17.4 Å². The van der Waals surface area contributed by atoms with Crippen LogP contribution in [0.2, 0.25) is 0 Å². The Balaban J connectivity index is 3.07. The first-order valence-electron chi connectivity index (χ1n) is 3.59. The predicted molar refractivity (Wildman–Crippen MR) is 42.0 cm³/mol. The van der Waals surface area contributed by atoms with E-state index in [1.807, 2.05) is 0 Å². The number of benzene rings is 1. The average molecular weight is 262 g/mol. The van der Waals surface area contributed by atoms with Gasteiger partial charge in [0.05, 0.1) is 0 Å². The lowest BCUT2D eigenvalue weighted by molar-refractivity contribution is -0.0500. The summed E-state index contributed by atoms with van der Waals surface area (Å²) in [5, 5.41) is 0. The van der Waals surface area contributed by atoms with Gasteiger partial charge in [-0.05, 0) is 0 Å². The molecule has 0 atom stereocenters. The third kappa shape index (κ3) is 2.81. The van der Waals surface area contributed by atoms with Gasteiger partial charge in [0.25, 0.3) is 0 Å². The highest BCUT2D eigenvalue weighted by Gasteiger charge is 2.48. The summed E-state index contributed by atoms with van der Waals surface area (Å²) in [7, 11) is -5.92. The molecular weight excluding hydrogens is 259 g/mol. The summed E-state index contributed by atoms with van der Waals surface area (Å²) >= 11 is 0. The minimum absolute atomic E-state index is 0.312. The molecule has 0 aromatic heterocycles. The molecule has 0 amide bonds. The quantitative estimate of drug-likeness (QED) is 0.466. The highest BCUT2D eigenvalue weighted by Crippen LogP contribution is 2.27. The Morgan fingerprint density at radius 1 is 1.00 bits per heavy atom. The van der Waals surface area contributed by atoms with Crippen LogP contribution in [0.15, 0.2) is 18.2 Å². The van der Waals surface area contributed by atoms with Crippen molar-refractivity contribution in [2.45, 2.75) is 5.51 Å². The minimum Gasteiger partial charge on any atom is -0.376 e. The Morgan fingerprint density at radius 2 is 1.44 bits per heavy atom. The third-order valence-corrected chi connectivity index (χ3v) is 2.30. The minimum atomic E-state index is -5.92. The number of hydrogen-bond donors (Lipinski definition) is 0. The van der Waals surface area contributed by atoms with Crippen LogP contribution in [0.3, 0.4) is 0 Å². The van der Waals surface area contributed by atoms with Gasteiger partial charge in [0.15, 0.2) is 0 Å². The van der Waals surface area contributed by atoms with E-state index in [2.05, 4.69) is 4.18 Å². The highest BCUT2D eigenvalue weighted by molar-refractivity contribution is 7.87. The van der Waals surface area contributed by atoms with Crippen molar-refractivity contribution in [1.82, 2.24) is 0 Å². The standard InChI is InChI=1S/C7H3F5O3S/c8-4-1-5(9)3-6(2-4)15-16(13,14)7(10,11)12/h1-3H. The number of alkyl halides is 3. The van der Waals surface area contributed by atoms with Crippen LogP contribution >= 0.6 is 0 Å². The first-order valence-corrected chi connectivity index (χ1v) is 4.99. The van der Waals surface area contributed by atoms with Crippen LogP contribution in [0, 0.1) is 11.6 Å². The lowest BCUT2D eigenvalue weighted by atomic mass is 10.3. The zero-order chi connectivity index (χ0) is 12.6. The van der Waals surface area contributed by atoms with Gasteiger partial charge >= 0.3 is 15.6 Å². The van der Waals surface area contributed by atoms with E-state index >= 15 is 0 Å². The van der Waals surface area contributed by atoms with Crippen LogP contribution in [0.25, 0.3) is 0 Å². The zero-order valence-electron chi connectivity index (χ0n) is 7.25. The molecule has 0 aliphatic carbocycles. The van der Waals surface area contributed by atoms with Gasteiger partial charge in [-0.25, -0.2) is 8.78 Å². The third-order valence-electron chi connectivity index (χ3n) is 1.33. The number of hydrogen-bond acceptors (Lipinski definition) is 3. The van der Waals surface area contributed by atoms with Crippen molar-refractivity contribution >= 4 is 10.1 Å². The second kappa shape index (κ2) is 3.89. The topological polar surface area (TPSA) is 43.4 Å². The maximum atomic E-state index is 12.5. The molecule has 0 saturated heterocycles. The Hall–Kier alpha value is -1.38. The van der Waals surface area contributed by atoms with Gasteiger partial charge in [0, 0.05) is 18.2 Å². The Labute approximate surface area is 86.6 Å². The maximum Gasteiger partial charge on any atom is 0.534 e. The van der Waals surface area contributed by atoms with Crippen molar-refractivity contribution in [2.24, 2.45) is 0 Å². The van der Waals surface area contributed by atoms with Crippen LogP contribution in [-0.4, -0.2) is 13.9 Å². The van der Waals surface area contributed by atoms with E-state index in [4.69, 9.17) is 0 Å². The van der Waals surface area contributed by atoms with Crippen molar-refractivity contribution in [1.29, 1.82) is 0 Å². The van der Waals surface area contributed by atoms with E-state index in [1.165, 1.54) is 0 Å². The van der Waals surface area contributed by atoms with Crippen molar-refractivity contribution in [2.75, 3.05) is 0 Å². The van der Waals surface area contributed by atoms with Crippen molar-refractivity contribution in [3.63, 3.8) is 0 Å². The molecule has 0 fully saturated rings. The van der Waals surface area contributed by atoms with E-state index in [1.54, 1.807) is 0 Å². The van der Waals surface area contributed by atoms with Crippen LogP contribution in [-0.2, 0) is 10.1 Å². The highest BCUT2D eigenvalue weighted by atomic mass is 32.2. The monoisotopic (exact) mass is 262 g/mol. The van der Waals surface area contributed by atoms with E-state index in [-0.39, 0.29) is 0 Å². The van der Waals surface area contributed by atoms with Crippen molar-refractivity contribution in [3.8, 4) is 5.75 Å². The van der Waals surface area contributed by atoms with Gasteiger partial charge < -0.3 is 4.18 Å². The smallest absolute Gasteiger partial charge is 0.376 e. The largest absolute Gasteiger partial charge is 0.534 e. The molecule has 3 nitrogen and oxygen atoms in total. The fourth-order valence-corrected chi connectivity index (χ4v) is 1.19. The zero-order valence-corrected chi connectivity index (χ0v) is 8.07. The molecule has 0 aliphatic rings. The van der Waals surface area contributed by atoms with Gasteiger partial charge in [-0.2, -0.15) is 21.6 Å². The van der Waals surface area contributed by atoms with E-state index in [9.17, 15) is 30.4 Å². The van der Waals surface area contributed by atoms with Gasteiger partial charge in [-0.3, -0.25) is 0 Å². The Morgan fingerprint density at radius 3 is 1.81 bits per heavy atom. The Bertz CT molecular complexity index is 473. The first kappa shape index (κ1) is 12.7. The average Bonchev–Trinajstić information content (AvgIpc) is 1.97. The second-order valence-corrected chi connectivity index (χ2v) is 4.13. The molecule has 90 valence electrons. The molecule has 16 heavy (non-hydrogen) atoms. The summed E-state index contributed by atoms with van der Waals surface area (Å²) in [6, 6.07) is 0.978. The Kier molecular flexibility index (Phi) is 3.08. The summed E-state index contributed by atoms with van der Waals surface area (Å²) in [5.74, 6) is -3.60. The molecule has 0 aliphatic heterocycles. The van der Waals surface area contributed by atoms with Crippen molar-refractivity contribution < 1.29 is 34.6 Å². The molecule has 0 unspecified atom stereocenters. The first-order chi connectivity index (χ1) is 7.12. The van der Waals surface area contributed by atoms with Crippen LogP contribution < -0.4 is 4.18 Å². The normalized spacial score (nSPS) is 12.6. The lowest BCUT2D eigenvalue weighted by Crippen LogP contribution is -2.28. The van der Waals surface area contributed by atoms with Crippen LogP contribution in [0.5, 0.6) is 5.75 Å². The summed E-state index contributed by atoms with van der Waals surface area (Å²) in [5.41, 5.74) is -5.66. The second-order valence-electron chi connectivity index (χ2n) is 2.59. The van der Waals surface area contributed by atoms with E-state index in [0.29, 0.717) is 18.2 Å². The number of rotatable bonds is 2. The predicted octanol–water partition coefficient (Wildman–Crippen LogP) is 2.19. The van der Waals surface area contributed by atoms with Gasteiger partial charge in [-0.1, -0.05) is 0 Å². The SMILES string of the molecule is O=S(=O)(Oc1cc(F)cc(F)c1)C(F)(F)F. The molecular formula is C7H3F5O3S. The molecule has 0 saturated carbocycles. The summed E-state index contributed by atoms with van der Waals surface area (Å²) in [6.45, 7) is 0. The van der Waals surface area contributed by atoms with E-state index in [0.717, 1.165) is 0 Å². The fourth-order valence-electron chi connectivity index (χ4n) is 0.751. The summed E-state index contributed by atoms with van der Waals surface area (Å²) < 4.78 is 84.9.